The van der Waals surface area contributed by atoms with E-state index < -0.39 is 0 Å². The second-order valence-corrected chi connectivity index (χ2v) is 4.95. The van der Waals surface area contributed by atoms with Crippen LogP contribution < -0.4 is 15.4 Å². The van der Waals surface area contributed by atoms with Gasteiger partial charge in [0.25, 0.3) is 0 Å². The standard InChI is InChI=1S/C17H24N4O/c1-3-5-8-12-18-16-11-13-19-17(21-16)20-14-9-6-7-10-15(14)22-4-2/h6-7,9-11,13H,3-5,8,12H2,1-2H3,(H2,18,19,20,21). The summed E-state index contributed by atoms with van der Waals surface area (Å²) in [4.78, 5) is 8.74. The molecule has 0 atom stereocenters. The highest BCUT2D eigenvalue weighted by Crippen LogP contribution is 2.26. The average molecular weight is 300 g/mol. The number of unbranched alkanes of at least 4 members (excludes halogenated alkanes) is 2. The molecule has 0 aliphatic carbocycles. The van der Waals surface area contributed by atoms with E-state index in [1.54, 1.807) is 6.20 Å². The minimum absolute atomic E-state index is 0.563. The van der Waals surface area contributed by atoms with E-state index in [9.17, 15) is 0 Å². The van der Waals surface area contributed by atoms with Gasteiger partial charge >= 0.3 is 0 Å². The topological polar surface area (TPSA) is 59.1 Å². The average Bonchev–Trinajstić information content (AvgIpc) is 2.54. The molecule has 2 aromatic rings. The maximum absolute atomic E-state index is 5.60. The molecule has 0 radical (unpaired) electrons. The Morgan fingerprint density at radius 3 is 2.77 bits per heavy atom. The van der Waals surface area contributed by atoms with E-state index in [1.165, 1.54) is 12.8 Å². The number of ether oxygens (including phenoxy) is 1. The quantitative estimate of drug-likeness (QED) is 0.679. The highest BCUT2D eigenvalue weighted by molar-refractivity contribution is 5.62. The van der Waals surface area contributed by atoms with Crippen LogP contribution in [-0.2, 0) is 0 Å². The number of nitrogens with zero attached hydrogens (tertiary/aromatic N) is 2. The molecule has 118 valence electrons. The van der Waals surface area contributed by atoms with Crippen LogP contribution in [0.3, 0.4) is 0 Å². The van der Waals surface area contributed by atoms with Crippen molar-refractivity contribution in [3.05, 3.63) is 36.5 Å². The van der Waals surface area contributed by atoms with Gasteiger partial charge in [0.05, 0.1) is 12.3 Å². The van der Waals surface area contributed by atoms with Gasteiger partial charge in [-0.3, -0.25) is 0 Å². The normalized spacial score (nSPS) is 10.3. The number of aromatic nitrogens is 2. The number of hydrogen-bond acceptors (Lipinski definition) is 5. The molecular weight excluding hydrogens is 276 g/mol. The largest absolute Gasteiger partial charge is 0.492 e. The number of nitrogens with one attached hydrogen (secondary N) is 2. The molecule has 5 heteroatoms. The number of benzene rings is 1. The fourth-order valence-corrected chi connectivity index (χ4v) is 2.08. The Morgan fingerprint density at radius 2 is 1.95 bits per heavy atom. The third kappa shape index (κ3) is 4.91. The van der Waals surface area contributed by atoms with Gasteiger partial charge in [-0.25, -0.2) is 4.98 Å². The molecule has 0 amide bonds. The predicted molar refractivity (Wildman–Crippen MR) is 90.9 cm³/mol. The third-order valence-corrected chi connectivity index (χ3v) is 3.18. The van der Waals surface area contributed by atoms with Gasteiger partial charge < -0.3 is 15.4 Å². The Labute approximate surface area is 132 Å². The molecule has 5 nitrogen and oxygen atoms in total. The molecule has 0 unspecified atom stereocenters. The van der Waals surface area contributed by atoms with E-state index in [0.29, 0.717) is 12.6 Å². The molecule has 1 heterocycles. The van der Waals surface area contributed by atoms with Crippen LogP contribution in [0.2, 0.25) is 0 Å². The van der Waals surface area contributed by atoms with Crippen molar-refractivity contribution in [1.82, 2.24) is 9.97 Å². The lowest BCUT2D eigenvalue weighted by atomic mass is 10.2. The van der Waals surface area contributed by atoms with Gasteiger partial charge in [-0.05, 0) is 31.5 Å². The zero-order chi connectivity index (χ0) is 15.6. The van der Waals surface area contributed by atoms with Crippen LogP contribution in [-0.4, -0.2) is 23.1 Å². The van der Waals surface area contributed by atoms with E-state index in [-0.39, 0.29) is 0 Å². The van der Waals surface area contributed by atoms with Crippen LogP contribution in [0.1, 0.15) is 33.1 Å². The fourth-order valence-electron chi connectivity index (χ4n) is 2.08. The first kappa shape index (κ1) is 16.1. The number of para-hydroxylation sites is 2. The predicted octanol–water partition coefficient (Wildman–Crippen LogP) is 4.22. The molecule has 0 aliphatic rings. The van der Waals surface area contributed by atoms with Gasteiger partial charge in [0.15, 0.2) is 0 Å². The van der Waals surface area contributed by atoms with E-state index in [1.807, 2.05) is 37.3 Å². The van der Waals surface area contributed by atoms with Gasteiger partial charge in [-0.15, -0.1) is 0 Å². The number of hydrogen-bond donors (Lipinski definition) is 2. The van der Waals surface area contributed by atoms with E-state index in [0.717, 1.165) is 30.2 Å². The molecule has 22 heavy (non-hydrogen) atoms. The molecule has 2 rings (SSSR count). The Hall–Kier alpha value is -2.30. The van der Waals surface area contributed by atoms with Gasteiger partial charge in [0.2, 0.25) is 5.95 Å². The summed E-state index contributed by atoms with van der Waals surface area (Å²) in [5.41, 5.74) is 0.868. The highest BCUT2D eigenvalue weighted by Gasteiger charge is 2.05. The lowest BCUT2D eigenvalue weighted by molar-refractivity contribution is 0.342. The maximum atomic E-state index is 5.60. The maximum Gasteiger partial charge on any atom is 0.229 e. The minimum Gasteiger partial charge on any atom is -0.492 e. The smallest absolute Gasteiger partial charge is 0.229 e. The van der Waals surface area contributed by atoms with Crippen LogP contribution in [0.25, 0.3) is 0 Å². The van der Waals surface area contributed by atoms with Crippen LogP contribution in [0.4, 0.5) is 17.5 Å². The fraction of sp³-hybridized carbons (Fsp3) is 0.412. The summed E-state index contributed by atoms with van der Waals surface area (Å²) in [6.07, 6.45) is 5.34. The molecule has 2 N–H and O–H groups in total. The molecular formula is C17H24N4O. The highest BCUT2D eigenvalue weighted by atomic mass is 16.5. The molecule has 0 bridgehead atoms. The van der Waals surface area contributed by atoms with E-state index >= 15 is 0 Å². The summed E-state index contributed by atoms with van der Waals surface area (Å²) in [5.74, 6) is 2.20. The van der Waals surface area contributed by atoms with Crippen LogP contribution in [0, 0.1) is 0 Å². The Bertz CT molecular complexity index is 574. The Morgan fingerprint density at radius 1 is 1.09 bits per heavy atom. The number of rotatable bonds is 9. The first-order valence-corrected chi connectivity index (χ1v) is 7.89. The summed E-state index contributed by atoms with van der Waals surface area (Å²) in [6, 6.07) is 9.67. The van der Waals surface area contributed by atoms with Crippen molar-refractivity contribution in [1.29, 1.82) is 0 Å². The monoisotopic (exact) mass is 300 g/mol. The molecule has 1 aromatic heterocycles. The third-order valence-electron chi connectivity index (χ3n) is 3.18. The van der Waals surface area contributed by atoms with Crippen LogP contribution >= 0.6 is 0 Å². The summed E-state index contributed by atoms with van der Waals surface area (Å²) >= 11 is 0. The molecule has 0 aliphatic heterocycles. The van der Waals surface area contributed by atoms with Crippen molar-refractivity contribution in [3.63, 3.8) is 0 Å². The van der Waals surface area contributed by atoms with Crippen LogP contribution in [0.15, 0.2) is 36.5 Å². The summed E-state index contributed by atoms with van der Waals surface area (Å²) in [5, 5.41) is 6.54. The van der Waals surface area contributed by atoms with Crippen molar-refractivity contribution in [2.75, 3.05) is 23.8 Å². The van der Waals surface area contributed by atoms with Crippen molar-refractivity contribution in [3.8, 4) is 5.75 Å². The first-order valence-electron chi connectivity index (χ1n) is 7.89. The van der Waals surface area contributed by atoms with Crippen LogP contribution in [0.5, 0.6) is 5.75 Å². The summed E-state index contributed by atoms with van der Waals surface area (Å²) in [7, 11) is 0. The Balaban J connectivity index is 2.01. The van der Waals surface area contributed by atoms with Gasteiger partial charge in [0.1, 0.15) is 11.6 Å². The van der Waals surface area contributed by atoms with Crippen molar-refractivity contribution in [2.45, 2.75) is 33.1 Å². The first-order chi connectivity index (χ1) is 10.8. The second-order valence-electron chi connectivity index (χ2n) is 4.95. The van der Waals surface area contributed by atoms with Gasteiger partial charge in [-0.2, -0.15) is 4.98 Å². The van der Waals surface area contributed by atoms with Gasteiger partial charge in [-0.1, -0.05) is 31.9 Å². The SMILES string of the molecule is CCCCCNc1ccnc(Nc2ccccc2OCC)n1. The zero-order valence-corrected chi connectivity index (χ0v) is 13.3. The lowest BCUT2D eigenvalue weighted by Gasteiger charge is -2.12. The van der Waals surface area contributed by atoms with E-state index in [4.69, 9.17) is 4.74 Å². The lowest BCUT2D eigenvalue weighted by Crippen LogP contribution is -2.06. The molecule has 0 spiro atoms. The summed E-state index contributed by atoms with van der Waals surface area (Å²) < 4.78 is 5.60. The minimum atomic E-state index is 0.563. The molecule has 1 aromatic carbocycles. The summed E-state index contributed by atoms with van der Waals surface area (Å²) in [6.45, 7) is 5.72. The van der Waals surface area contributed by atoms with E-state index in [2.05, 4.69) is 27.5 Å². The second kappa shape index (κ2) is 8.87. The van der Waals surface area contributed by atoms with Crippen molar-refractivity contribution in [2.24, 2.45) is 0 Å². The van der Waals surface area contributed by atoms with Crippen molar-refractivity contribution < 1.29 is 4.74 Å². The molecule has 0 saturated carbocycles. The van der Waals surface area contributed by atoms with Gasteiger partial charge in [0, 0.05) is 12.7 Å². The molecule has 0 saturated heterocycles. The number of anilines is 3. The molecule has 0 fully saturated rings. The van der Waals surface area contributed by atoms with Crippen molar-refractivity contribution >= 4 is 17.5 Å². The Kier molecular flexibility index (Phi) is 6.48. The zero-order valence-electron chi connectivity index (χ0n) is 13.3.